The molecular weight excluding hydrogens is 1030 g/mol. The maximum atomic E-state index is 12.9. The Balaban J connectivity index is 5.18. The van der Waals surface area contributed by atoms with E-state index in [0.29, 0.717) is 25.7 Å². The molecule has 0 aromatic carbocycles. The molecule has 77 heavy (non-hydrogen) atoms. The second-order valence-corrected chi connectivity index (χ2v) is 23.7. The second-order valence-electron chi connectivity index (χ2n) is 20.8. The summed E-state index contributed by atoms with van der Waals surface area (Å²) in [6.45, 7) is 6.87. The molecule has 452 valence electrons. The molecule has 0 fully saturated rings. The Labute approximate surface area is 465 Å². The minimum atomic E-state index is -4.94. The molecule has 0 aromatic heterocycles. The van der Waals surface area contributed by atoms with Gasteiger partial charge in [-0.25, -0.2) is 9.13 Å². The number of hydrogen-bond acceptors (Lipinski definition) is 15. The van der Waals surface area contributed by atoms with Gasteiger partial charge in [-0.2, -0.15) is 0 Å². The van der Waals surface area contributed by atoms with Gasteiger partial charge in [0.05, 0.1) is 26.4 Å². The average Bonchev–Trinajstić information content (AvgIpc) is 3.39. The highest BCUT2D eigenvalue weighted by Gasteiger charge is 2.30. The zero-order chi connectivity index (χ0) is 57.1. The Morgan fingerprint density at radius 1 is 0.403 bits per heavy atom. The highest BCUT2D eigenvalue weighted by atomic mass is 31.2. The summed E-state index contributed by atoms with van der Waals surface area (Å²) >= 11 is 0. The third-order valence-electron chi connectivity index (χ3n) is 12.7. The fourth-order valence-corrected chi connectivity index (χ4v) is 9.56. The van der Waals surface area contributed by atoms with E-state index in [1.807, 2.05) is 0 Å². The zero-order valence-corrected chi connectivity index (χ0v) is 50.4. The molecule has 0 amide bonds. The second kappa shape index (κ2) is 51.7. The molecule has 3 N–H and O–H groups in total. The SMILES string of the molecule is CCCCCC/C=C\C=C/CCCCCCCC(=O)O[C@H](COC(=O)CCCCCCCCCCCC(C)C)COP(=O)(O)OC[C@@H](O)COP(=O)(O)OC[C@@H](COC(=O)CCCCCCC)OC(=O)CCCCCCC. The van der Waals surface area contributed by atoms with Crippen molar-refractivity contribution in [2.24, 2.45) is 5.92 Å². The third-order valence-corrected chi connectivity index (χ3v) is 14.6. The van der Waals surface area contributed by atoms with Gasteiger partial charge in [-0.3, -0.25) is 37.3 Å². The summed E-state index contributed by atoms with van der Waals surface area (Å²) in [5, 5.41) is 10.4. The fourth-order valence-electron chi connectivity index (χ4n) is 7.98. The van der Waals surface area contributed by atoms with E-state index in [1.54, 1.807) is 0 Å². The molecular formula is C58H108O17P2. The highest BCUT2D eigenvalue weighted by Crippen LogP contribution is 2.45. The molecule has 0 aliphatic heterocycles. The largest absolute Gasteiger partial charge is 0.472 e. The van der Waals surface area contributed by atoms with Crippen molar-refractivity contribution >= 4 is 39.5 Å². The maximum absolute atomic E-state index is 12.9. The quantitative estimate of drug-likeness (QED) is 0.0169. The molecule has 0 saturated carbocycles. The zero-order valence-electron chi connectivity index (χ0n) is 48.6. The molecule has 0 rings (SSSR count). The van der Waals surface area contributed by atoms with Gasteiger partial charge in [0, 0.05) is 25.7 Å². The molecule has 0 aromatic rings. The number of aliphatic hydroxyl groups is 1. The lowest BCUT2D eigenvalue weighted by molar-refractivity contribution is -0.161. The van der Waals surface area contributed by atoms with E-state index in [4.69, 9.17) is 37.0 Å². The minimum Gasteiger partial charge on any atom is -0.462 e. The number of aliphatic hydroxyl groups excluding tert-OH is 1. The molecule has 17 nitrogen and oxygen atoms in total. The normalized spacial score (nSPS) is 14.6. The maximum Gasteiger partial charge on any atom is 0.472 e. The molecule has 19 heteroatoms. The monoisotopic (exact) mass is 1140 g/mol. The number of unbranched alkanes of at least 4 members (excludes halogenated alkanes) is 25. The first-order valence-electron chi connectivity index (χ1n) is 30.0. The predicted octanol–water partition coefficient (Wildman–Crippen LogP) is 15.0. The van der Waals surface area contributed by atoms with Crippen molar-refractivity contribution in [1.82, 2.24) is 0 Å². The first-order valence-corrected chi connectivity index (χ1v) is 32.9. The Kier molecular flexibility index (Phi) is 50.0. The van der Waals surface area contributed by atoms with E-state index in [1.165, 1.54) is 64.2 Å². The lowest BCUT2D eigenvalue weighted by atomic mass is 10.0. The van der Waals surface area contributed by atoms with Crippen LogP contribution < -0.4 is 0 Å². The number of carbonyl (C=O) groups excluding carboxylic acids is 4. The summed E-state index contributed by atoms with van der Waals surface area (Å²) in [5.74, 6) is -1.45. The number of allylic oxidation sites excluding steroid dienone is 4. The number of ether oxygens (including phenoxy) is 4. The van der Waals surface area contributed by atoms with E-state index in [9.17, 15) is 43.2 Å². The number of rotatable bonds is 56. The lowest BCUT2D eigenvalue weighted by Crippen LogP contribution is -2.30. The van der Waals surface area contributed by atoms with Gasteiger partial charge in [0.25, 0.3) is 0 Å². The average molecular weight is 1140 g/mol. The van der Waals surface area contributed by atoms with Gasteiger partial charge in [0.1, 0.15) is 19.3 Å². The van der Waals surface area contributed by atoms with E-state index >= 15 is 0 Å². The molecule has 0 heterocycles. The number of hydrogen-bond donors (Lipinski definition) is 3. The van der Waals surface area contributed by atoms with Crippen LogP contribution in [0.5, 0.6) is 0 Å². The highest BCUT2D eigenvalue weighted by molar-refractivity contribution is 7.47. The van der Waals surface area contributed by atoms with E-state index in [2.05, 4.69) is 58.9 Å². The summed E-state index contributed by atoms with van der Waals surface area (Å²) in [5.41, 5.74) is 0. The van der Waals surface area contributed by atoms with Crippen molar-refractivity contribution in [2.75, 3.05) is 39.6 Å². The lowest BCUT2D eigenvalue weighted by Gasteiger charge is -2.21. The molecule has 0 aliphatic carbocycles. The van der Waals surface area contributed by atoms with Gasteiger partial charge in [-0.05, 0) is 57.3 Å². The number of phosphoric acid groups is 2. The van der Waals surface area contributed by atoms with Crippen LogP contribution in [-0.2, 0) is 65.4 Å². The summed E-state index contributed by atoms with van der Waals surface area (Å²) in [7, 11) is -9.87. The first kappa shape index (κ1) is 74.5. The van der Waals surface area contributed by atoms with Gasteiger partial charge >= 0.3 is 39.5 Å². The first-order chi connectivity index (χ1) is 37.0. The van der Waals surface area contributed by atoms with Gasteiger partial charge < -0.3 is 33.8 Å². The molecule has 0 saturated heterocycles. The van der Waals surface area contributed by atoms with Crippen LogP contribution in [0.15, 0.2) is 24.3 Å². The van der Waals surface area contributed by atoms with Crippen molar-refractivity contribution < 1.29 is 80.2 Å². The number of phosphoric ester groups is 2. The molecule has 0 spiro atoms. The topological polar surface area (TPSA) is 237 Å². The fraction of sp³-hybridized carbons (Fsp3) is 0.862. The van der Waals surface area contributed by atoms with Crippen LogP contribution in [0.3, 0.4) is 0 Å². The van der Waals surface area contributed by atoms with Gasteiger partial charge in [-0.15, -0.1) is 0 Å². The van der Waals surface area contributed by atoms with Crippen LogP contribution >= 0.6 is 15.6 Å². The Hall–Kier alpha value is -2.46. The van der Waals surface area contributed by atoms with E-state index < -0.39 is 97.5 Å². The molecule has 0 bridgehead atoms. The Bertz CT molecular complexity index is 1610. The van der Waals surface area contributed by atoms with E-state index in [-0.39, 0.29) is 25.7 Å². The summed E-state index contributed by atoms with van der Waals surface area (Å²) in [6, 6.07) is 0. The van der Waals surface area contributed by atoms with Crippen LogP contribution in [0, 0.1) is 5.92 Å². The summed E-state index contributed by atoms with van der Waals surface area (Å²) in [6.07, 6.45) is 36.5. The summed E-state index contributed by atoms with van der Waals surface area (Å²) < 4.78 is 67.3. The van der Waals surface area contributed by atoms with Crippen LogP contribution in [0.4, 0.5) is 0 Å². The van der Waals surface area contributed by atoms with Gasteiger partial charge in [0.15, 0.2) is 12.2 Å². The van der Waals surface area contributed by atoms with Crippen molar-refractivity contribution in [3.8, 4) is 0 Å². The summed E-state index contributed by atoms with van der Waals surface area (Å²) in [4.78, 5) is 71.4. The molecule has 2 unspecified atom stereocenters. The Morgan fingerprint density at radius 2 is 0.701 bits per heavy atom. The Morgan fingerprint density at radius 3 is 1.06 bits per heavy atom. The molecule has 5 atom stereocenters. The number of carbonyl (C=O) groups is 4. The van der Waals surface area contributed by atoms with Gasteiger partial charge in [0.2, 0.25) is 0 Å². The van der Waals surface area contributed by atoms with Crippen molar-refractivity contribution in [3.05, 3.63) is 24.3 Å². The van der Waals surface area contributed by atoms with Crippen molar-refractivity contribution in [3.63, 3.8) is 0 Å². The predicted molar refractivity (Wildman–Crippen MR) is 303 cm³/mol. The van der Waals surface area contributed by atoms with Crippen LogP contribution in [-0.4, -0.2) is 96.7 Å². The van der Waals surface area contributed by atoms with Crippen LogP contribution in [0.2, 0.25) is 0 Å². The smallest absolute Gasteiger partial charge is 0.462 e. The van der Waals surface area contributed by atoms with Gasteiger partial charge in [-0.1, -0.05) is 207 Å². The standard InChI is InChI=1S/C58H108O17P2/c1-6-9-12-15-16-17-18-19-20-21-22-25-29-34-39-44-58(63)75-54(48-69-56(61)42-37-33-28-26-23-24-27-32-35-40-51(4)5)50-73-77(66,67)71-46-52(59)45-70-76(64,65)72-49-53(74-57(62)43-38-31-14-11-8-3)47-68-55(60)41-36-30-13-10-7-2/h17-20,51-54,59H,6-16,21-50H2,1-5H3,(H,64,65)(H,66,67)/b18-17-,20-19-/t52-,53+,54+/m0/s1. The molecule has 0 aliphatic rings. The third kappa shape index (κ3) is 52.7. The minimum absolute atomic E-state index is 0.0843. The molecule has 0 radical (unpaired) electrons. The number of esters is 4. The van der Waals surface area contributed by atoms with Crippen LogP contribution in [0.1, 0.15) is 259 Å². The van der Waals surface area contributed by atoms with Crippen LogP contribution in [0.25, 0.3) is 0 Å². The van der Waals surface area contributed by atoms with E-state index in [0.717, 1.165) is 115 Å². The van der Waals surface area contributed by atoms with Crippen molar-refractivity contribution in [2.45, 2.75) is 278 Å². The van der Waals surface area contributed by atoms with Crippen molar-refractivity contribution in [1.29, 1.82) is 0 Å².